The number of carbonyl (C=O) groups excluding carboxylic acids is 1. The second-order valence-electron chi connectivity index (χ2n) is 4.55. The SMILES string of the molecule is CC(Nc1ccc(N)c(C#N)n1)C(=O)N1CCOCC1. The fourth-order valence-electron chi connectivity index (χ4n) is 1.98. The van der Waals surface area contributed by atoms with Gasteiger partial charge in [-0.05, 0) is 19.1 Å². The van der Waals surface area contributed by atoms with Crippen LogP contribution in [0.3, 0.4) is 0 Å². The zero-order valence-corrected chi connectivity index (χ0v) is 11.3. The summed E-state index contributed by atoms with van der Waals surface area (Å²) in [4.78, 5) is 18.0. The van der Waals surface area contributed by atoms with Crippen molar-refractivity contribution in [1.29, 1.82) is 5.26 Å². The number of carbonyl (C=O) groups is 1. The number of nitrogens with two attached hydrogens (primary N) is 1. The summed E-state index contributed by atoms with van der Waals surface area (Å²) < 4.78 is 5.21. The smallest absolute Gasteiger partial charge is 0.244 e. The Hall–Kier alpha value is -2.33. The number of anilines is 2. The molecular weight excluding hydrogens is 258 g/mol. The molecule has 7 nitrogen and oxygen atoms in total. The summed E-state index contributed by atoms with van der Waals surface area (Å²) >= 11 is 0. The van der Waals surface area contributed by atoms with Crippen molar-refractivity contribution in [2.45, 2.75) is 13.0 Å². The van der Waals surface area contributed by atoms with Gasteiger partial charge < -0.3 is 20.7 Å². The third-order valence-corrected chi connectivity index (χ3v) is 3.09. The average molecular weight is 275 g/mol. The van der Waals surface area contributed by atoms with Crippen molar-refractivity contribution >= 4 is 17.4 Å². The quantitative estimate of drug-likeness (QED) is 0.816. The van der Waals surface area contributed by atoms with Gasteiger partial charge in [0.15, 0.2) is 5.69 Å². The molecule has 1 amide bonds. The van der Waals surface area contributed by atoms with E-state index in [0.29, 0.717) is 37.8 Å². The summed E-state index contributed by atoms with van der Waals surface area (Å²) in [5, 5.41) is 11.9. The van der Waals surface area contributed by atoms with Gasteiger partial charge in [-0.3, -0.25) is 4.79 Å². The molecule has 2 heterocycles. The van der Waals surface area contributed by atoms with Crippen LogP contribution in [0.4, 0.5) is 11.5 Å². The van der Waals surface area contributed by atoms with E-state index < -0.39 is 6.04 Å². The monoisotopic (exact) mass is 275 g/mol. The number of nitriles is 1. The van der Waals surface area contributed by atoms with E-state index in [2.05, 4.69) is 10.3 Å². The second-order valence-corrected chi connectivity index (χ2v) is 4.55. The highest BCUT2D eigenvalue weighted by atomic mass is 16.5. The van der Waals surface area contributed by atoms with E-state index in [1.54, 1.807) is 24.0 Å². The summed E-state index contributed by atoms with van der Waals surface area (Å²) in [6.07, 6.45) is 0. The second kappa shape index (κ2) is 6.21. The largest absolute Gasteiger partial charge is 0.396 e. The van der Waals surface area contributed by atoms with E-state index >= 15 is 0 Å². The van der Waals surface area contributed by atoms with Crippen molar-refractivity contribution in [3.8, 4) is 6.07 Å². The summed E-state index contributed by atoms with van der Waals surface area (Å²) in [5.41, 5.74) is 6.08. The first kappa shape index (κ1) is 14.1. The summed E-state index contributed by atoms with van der Waals surface area (Å²) in [7, 11) is 0. The molecule has 20 heavy (non-hydrogen) atoms. The minimum atomic E-state index is -0.421. The van der Waals surface area contributed by atoms with E-state index in [1.165, 1.54) is 0 Å². The molecule has 1 unspecified atom stereocenters. The lowest BCUT2D eigenvalue weighted by Gasteiger charge is -2.29. The summed E-state index contributed by atoms with van der Waals surface area (Å²) in [6.45, 7) is 4.10. The first-order valence-corrected chi connectivity index (χ1v) is 6.41. The Morgan fingerprint density at radius 3 is 2.90 bits per heavy atom. The lowest BCUT2D eigenvalue weighted by Crippen LogP contribution is -2.47. The molecule has 1 aliphatic rings. The molecular formula is C13H17N5O2. The van der Waals surface area contributed by atoms with E-state index in [-0.39, 0.29) is 11.6 Å². The number of rotatable bonds is 3. The minimum absolute atomic E-state index is 0.00886. The van der Waals surface area contributed by atoms with Crippen LogP contribution in [0.25, 0.3) is 0 Å². The van der Waals surface area contributed by atoms with Gasteiger partial charge in [0.2, 0.25) is 5.91 Å². The number of aromatic nitrogens is 1. The van der Waals surface area contributed by atoms with Crippen LogP contribution in [-0.2, 0) is 9.53 Å². The maximum absolute atomic E-state index is 12.2. The van der Waals surface area contributed by atoms with Crippen molar-refractivity contribution in [2.75, 3.05) is 37.4 Å². The molecule has 2 rings (SSSR count). The Morgan fingerprint density at radius 2 is 2.25 bits per heavy atom. The van der Waals surface area contributed by atoms with E-state index in [1.807, 2.05) is 6.07 Å². The number of nitrogen functional groups attached to an aromatic ring is 1. The fourth-order valence-corrected chi connectivity index (χ4v) is 1.98. The van der Waals surface area contributed by atoms with Gasteiger partial charge in [-0.2, -0.15) is 5.26 Å². The standard InChI is InChI=1S/C13H17N5O2/c1-9(13(19)18-4-6-20-7-5-18)16-12-3-2-10(15)11(8-14)17-12/h2-3,9H,4-7,15H2,1H3,(H,16,17). The zero-order valence-electron chi connectivity index (χ0n) is 11.3. The van der Waals surface area contributed by atoms with E-state index in [9.17, 15) is 4.79 Å². The van der Waals surface area contributed by atoms with Crippen molar-refractivity contribution in [2.24, 2.45) is 0 Å². The van der Waals surface area contributed by atoms with Crippen molar-refractivity contribution in [3.63, 3.8) is 0 Å². The molecule has 3 N–H and O–H groups in total. The van der Waals surface area contributed by atoms with Crippen LogP contribution >= 0.6 is 0 Å². The topological polar surface area (TPSA) is 104 Å². The number of hydrogen-bond acceptors (Lipinski definition) is 6. The molecule has 1 fully saturated rings. The lowest BCUT2D eigenvalue weighted by molar-refractivity contribution is -0.135. The highest BCUT2D eigenvalue weighted by molar-refractivity contribution is 5.84. The molecule has 1 aromatic heterocycles. The molecule has 106 valence electrons. The Morgan fingerprint density at radius 1 is 1.55 bits per heavy atom. The van der Waals surface area contributed by atoms with Crippen LogP contribution in [-0.4, -0.2) is 48.1 Å². The summed E-state index contributed by atoms with van der Waals surface area (Å²) in [6, 6.07) is 4.74. The first-order chi connectivity index (χ1) is 9.61. The van der Waals surface area contributed by atoms with Gasteiger partial charge in [-0.15, -0.1) is 0 Å². The van der Waals surface area contributed by atoms with Gasteiger partial charge in [-0.1, -0.05) is 0 Å². The molecule has 1 aliphatic heterocycles. The minimum Gasteiger partial charge on any atom is -0.396 e. The highest BCUT2D eigenvalue weighted by Crippen LogP contribution is 2.13. The van der Waals surface area contributed by atoms with Crippen LogP contribution in [0.2, 0.25) is 0 Å². The molecule has 1 saturated heterocycles. The van der Waals surface area contributed by atoms with Crippen molar-refractivity contribution < 1.29 is 9.53 Å². The van der Waals surface area contributed by atoms with Gasteiger partial charge in [0, 0.05) is 13.1 Å². The number of nitrogens with one attached hydrogen (secondary N) is 1. The molecule has 0 spiro atoms. The van der Waals surface area contributed by atoms with E-state index in [0.717, 1.165) is 0 Å². The van der Waals surface area contributed by atoms with Gasteiger partial charge in [0.05, 0.1) is 18.9 Å². The lowest BCUT2D eigenvalue weighted by atomic mass is 10.2. The number of ether oxygens (including phenoxy) is 1. The number of pyridine rings is 1. The van der Waals surface area contributed by atoms with E-state index in [4.69, 9.17) is 15.7 Å². The predicted molar refractivity (Wildman–Crippen MR) is 73.8 cm³/mol. The number of hydrogen-bond donors (Lipinski definition) is 2. The molecule has 0 saturated carbocycles. The van der Waals surface area contributed by atoms with Crippen LogP contribution in [0.5, 0.6) is 0 Å². The maximum atomic E-state index is 12.2. The number of amides is 1. The predicted octanol–water partition coefficient (Wildman–Crippen LogP) is 0.195. The molecule has 1 aromatic rings. The number of morpholine rings is 1. The third-order valence-electron chi connectivity index (χ3n) is 3.09. The summed E-state index contributed by atoms with van der Waals surface area (Å²) in [5.74, 6) is 0.454. The van der Waals surface area contributed by atoms with Gasteiger partial charge >= 0.3 is 0 Å². The fraction of sp³-hybridized carbons (Fsp3) is 0.462. The van der Waals surface area contributed by atoms with Crippen molar-refractivity contribution in [3.05, 3.63) is 17.8 Å². The Bertz CT molecular complexity index is 534. The Balaban J connectivity index is 2.02. The van der Waals surface area contributed by atoms with Crippen LogP contribution < -0.4 is 11.1 Å². The molecule has 0 aliphatic carbocycles. The molecule has 0 bridgehead atoms. The normalized spacial score (nSPS) is 16.3. The molecule has 0 aromatic carbocycles. The zero-order chi connectivity index (χ0) is 14.5. The molecule has 7 heteroatoms. The highest BCUT2D eigenvalue weighted by Gasteiger charge is 2.22. The van der Waals surface area contributed by atoms with Crippen LogP contribution in [0.1, 0.15) is 12.6 Å². The van der Waals surface area contributed by atoms with Crippen LogP contribution in [0, 0.1) is 11.3 Å². The van der Waals surface area contributed by atoms with Gasteiger partial charge in [0.1, 0.15) is 17.9 Å². The third kappa shape index (κ3) is 3.16. The Kier molecular flexibility index (Phi) is 4.38. The molecule has 1 atom stereocenters. The Labute approximate surface area is 117 Å². The van der Waals surface area contributed by atoms with Crippen LogP contribution in [0.15, 0.2) is 12.1 Å². The average Bonchev–Trinajstić information content (AvgIpc) is 2.49. The van der Waals surface area contributed by atoms with Crippen molar-refractivity contribution in [1.82, 2.24) is 9.88 Å². The van der Waals surface area contributed by atoms with Gasteiger partial charge in [-0.25, -0.2) is 4.98 Å². The van der Waals surface area contributed by atoms with Gasteiger partial charge in [0.25, 0.3) is 0 Å². The number of nitrogens with zero attached hydrogens (tertiary/aromatic N) is 3. The first-order valence-electron chi connectivity index (χ1n) is 6.41. The maximum Gasteiger partial charge on any atom is 0.244 e. The molecule has 0 radical (unpaired) electrons.